The lowest BCUT2D eigenvalue weighted by molar-refractivity contribution is -0.149. The van der Waals surface area contributed by atoms with Crippen molar-refractivity contribution in [2.45, 2.75) is 44.4 Å². The van der Waals surface area contributed by atoms with Gasteiger partial charge in [0.1, 0.15) is 24.7 Å². The van der Waals surface area contributed by atoms with Gasteiger partial charge in [-0.05, 0) is 60.7 Å². The molecule has 7 rings (SSSR count). The zero-order chi connectivity index (χ0) is 46.3. The third-order valence-electron chi connectivity index (χ3n) is 10.6. The van der Waals surface area contributed by atoms with Crippen molar-refractivity contribution in [2.24, 2.45) is 12.8 Å². The Balaban J connectivity index is 0.814. The molecule has 0 radical (unpaired) electrons. The number of rotatable bonds is 20. The Morgan fingerprint density at radius 2 is 1.77 bits per heavy atom. The third-order valence-corrected chi connectivity index (χ3v) is 10.6. The van der Waals surface area contributed by atoms with Gasteiger partial charge in [-0.15, -0.1) is 0 Å². The first-order valence-electron chi connectivity index (χ1n) is 20.6. The number of pyridine rings is 1. The molecule has 0 saturated carbocycles. The minimum atomic E-state index is -4.45. The molecule has 0 bridgehead atoms. The third kappa shape index (κ3) is 11.0. The van der Waals surface area contributed by atoms with E-state index in [2.05, 4.69) is 31.0 Å². The Labute approximate surface area is 368 Å². The van der Waals surface area contributed by atoms with Crippen LogP contribution in [-0.4, -0.2) is 110 Å². The Morgan fingerprint density at radius 3 is 2.52 bits per heavy atom. The highest BCUT2D eigenvalue weighted by Gasteiger charge is 2.35. The molecule has 22 heteroatoms. The molecule has 5 N–H and O–H groups in total. The number of nitrogens with one attached hydrogen (secondary N) is 3. The number of hydrogen-bond donors (Lipinski definition) is 4. The summed E-state index contributed by atoms with van der Waals surface area (Å²) in [5.74, 6) is -2.38. The van der Waals surface area contributed by atoms with Crippen LogP contribution in [0.25, 0.3) is 28.2 Å². The number of carbonyl (C=O) groups is 4. The maximum atomic E-state index is 13.3. The number of hydrogen-bond acceptors (Lipinski definition) is 13. The number of piperidine rings is 1. The number of aryl methyl sites for hydroxylation is 2. The molecule has 2 aromatic carbocycles. The lowest BCUT2D eigenvalue weighted by Crippen LogP contribution is -2.45. The summed E-state index contributed by atoms with van der Waals surface area (Å²) in [6.45, 7) is 1.63. The Bertz CT molecular complexity index is 2740. The van der Waals surface area contributed by atoms with E-state index in [-0.39, 0.29) is 64.7 Å². The molecule has 4 amide bonds. The van der Waals surface area contributed by atoms with E-state index in [4.69, 9.17) is 19.6 Å². The average Bonchev–Trinajstić information content (AvgIpc) is 4.02. The number of fused-ring (bicyclic) bond motifs is 1. The smallest absolute Gasteiger partial charge is 0.405 e. The minimum absolute atomic E-state index is 0.0181. The zero-order valence-electron chi connectivity index (χ0n) is 35.4. The van der Waals surface area contributed by atoms with E-state index in [9.17, 15) is 37.1 Å². The summed E-state index contributed by atoms with van der Waals surface area (Å²) in [7, 11) is 3.14. The van der Waals surface area contributed by atoms with Gasteiger partial charge in [0.05, 0.1) is 48.4 Å². The van der Waals surface area contributed by atoms with Crippen LogP contribution in [0, 0.1) is 0 Å². The highest BCUT2D eigenvalue weighted by atomic mass is 19.4. The molecule has 65 heavy (non-hydrogen) atoms. The predicted molar refractivity (Wildman–Crippen MR) is 229 cm³/mol. The van der Waals surface area contributed by atoms with Crippen molar-refractivity contribution in [2.75, 3.05) is 57.2 Å². The van der Waals surface area contributed by atoms with Gasteiger partial charge in [-0.2, -0.15) is 18.3 Å². The molecule has 1 aliphatic rings. The topological polar surface area (TPSA) is 236 Å². The van der Waals surface area contributed by atoms with E-state index in [1.165, 1.54) is 40.8 Å². The highest BCUT2D eigenvalue weighted by Crippen LogP contribution is 2.28. The molecule has 5 heterocycles. The molecule has 1 atom stereocenters. The second kappa shape index (κ2) is 20.1. The number of para-hydroxylation sites is 1. The van der Waals surface area contributed by atoms with Gasteiger partial charge in [-0.25, -0.2) is 19.4 Å². The highest BCUT2D eigenvalue weighted by molar-refractivity contribution is 6.07. The standard InChI is InChI=1S/C43H46F3N11O8/c1-54-35(58)13-12-33(41(54)61)57-32-7-3-5-27(37(32)55(2)42(57)62)6-4-17-63-19-20-64-18-16-48-22-26-8-10-29(11-9-26)56-23-30(36(53-56)38(47)59)51-39(60)31-24-65-40(52-31)28-14-15-49-34(21-28)50-25-43(44,45)46/h3,5,7-11,14-15,21,23-24,33,48H,4,6,12-13,16-20,22,25H2,1-2H3,(H2,47,59)(H,49,50)(H,51,60). The molecular formula is C43H46F3N11O8. The lowest BCUT2D eigenvalue weighted by Gasteiger charge is -2.28. The maximum absolute atomic E-state index is 13.3. The van der Waals surface area contributed by atoms with Gasteiger partial charge in [0.2, 0.25) is 11.8 Å². The average molecular weight is 902 g/mol. The zero-order valence-corrected chi connectivity index (χ0v) is 35.4. The summed E-state index contributed by atoms with van der Waals surface area (Å²) in [6.07, 6.45) is 1.17. The fourth-order valence-electron chi connectivity index (χ4n) is 7.32. The number of aromatic nitrogens is 6. The van der Waals surface area contributed by atoms with Gasteiger partial charge in [-0.3, -0.25) is 33.2 Å². The number of imide groups is 1. The molecule has 342 valence electrons. The normalized spacial score (nSPS) is 14.4. The van der Waals surface area contributed by atoms with Crippen molar-refractivity contribution in [3.8, 4) is 17.1 Å². The van der Waals surface area contributed by atoms with Crippen molar-refractivity contribution in [1.82, 2.24) is 39.1 Å². The summed E-state index contributed by atoms with van der Waals surface area (Å²) in [6, 6.07) is 15.0. The maximum Gasteiger partial charge on any atom is 0.405 e. The number of anilines is 2. The van der Waals surface area contributed by atoms with Gasteiger partial charge < -0.3 is 35.6 Å². The molecular weight excluding hydrogens is 856 g/mol. The number of halogens is 3. The lowest BCUT2D eigenvalue weighted by atomic mass is 10.0. The quantitative estimate of drug-likeness (QED) is 0.0628. The molecule has 6 aromatic rings. The van der Waals surface area contributed by atoms with E-state index in [1.54, 1.807) is 23.7 Å². The van der Waals surface area contributed by atoms with Crippen LogP contribution in [-0.2, 0) is 39.1 Å². The number of ether oxygens (including phenoxy) is 2. The largest absolute Gasteiger partial charge is 0.444 e. The number of amides is 4. The number of likely N-dealkylation sites (tertiary alicyclic amines) is 1. The predicted octanol–water partition coefficient (Wildman–Crippen LogP) is 3.98. The molecule has 0 aliphatic carbocycles. The SMILES string of the molecule is CN1C(=O)CCC(n2c(=O)n(C)c3c(CCCOCCOCCNCc4ccc(-n5cc(NC(=O)c6coc(-c7ccnc(NCC(F)(F)F)c7)n6)c(C(N)=O)n5)cc4)cccc32)C1=O. The Morgan fingerprint density at radius 1 is 1.00 bits per heavy atom. The fraction of sp³-hybridized carbons (Fsp3) is 0.349. The van der Waals surface area contributed by atoms with Crippen LogP contribution in [0.15, 0.2) is 82.5 Å². The number of carbonyl (C=O) groups excluding carboxylic acids is 4. The van der Waals surface area contributed by atoms with Gasteiger partial charge in [0.15, 0.2) is 11.4 Å². The van der Waals surface area contributed by atoms with Gasteiger partial charge >= 0.3 is 11.9 Å². The van der Waals surface area contributed by atoms with Gasteiger partial charge in [-0.1, -0.05) is 24.3 Å². The second-order valence-corrected chi connectivity index (χ2v) is 15.1. The van der Waals surface area contributed by atoms with Crippen molar-refractivity contribution < 1.29 is 46.2 Å². The first kappa shape index (κ1) is 45.8. The Hall–Kier alpha value is -7.17. The number of nitrogens with two attached hydrogens (primary N) is 1. The van der Waals surface area contributed by atoms with E-state index >= 15 is 0 Å². The molecule has 1 fully saturated rings. The van der Waals surface area contributed by atoms with Crippen molar-refractivity contribution in [3.63, 3.8) is 0 Å². The molecule has 1 saturated heterocycles. The monoisotopic (exact) mass is 901 g/mol. The van der Waals surface area contributed by atoms with Crippen molar-refractivity contribution in [3.05, 3.63) is 106 Å². The van der Waals surface area contributed by atoms with Crippen molar-refractivity contribution in [1.29, 1.82) is 0 Å². The molecule has 19 nitrogen and oxygen atoms in total. The number of imidazole rings is 1. The van der Waals surface area contributed by atoms with E-state index in [1.807, 2.05) is 30.3 Å². The number of likely N-dealkylation sites (N-methyl/N-ethyl adjacent to an activating group) is 1. The number of benzene rings is 2. The summed E-state index contributed by atoms with van der Waals surface area (Å²) in [5.41, 5.74) is 9.13. The number of nitrogens with zero attached hydrogens (tertiary/aromatic N) is 7. The van der Waals surface area contributed by atoms with E-state index in [0.29, 0.717) is 63.6 Å². The van der Waals surface area contributed by atoms with Crippen LogP contribution in [0.2, 0.25) is 0 Å². The van der Waals surface area contributed by atoms with Crippen molar-refractivity contribution >= 4 is 46.2 Å². The van der Waals surface area contributed by atoms with Gasteiger partial charge in [0, 0.05) is 52.0 Å². The molecule has 4 aromatic heterocycles. The van der Waals surface area contributed by atoms with Gasteiger partial charge in [0.25, 0.3) is 17.7 Å². The summed E-state index contributed by atoms with van der Waals surface area (Å²) in [5, 5.41) is 12.3. The fourth-order valence-corrected chi connectivity index (χ4v) is 7.32. The summed E-state index contributed by atoms with van der Waals surface area (Å²) >= 11 is 0. The van der Waals surface area contributed by atoms with Crippen LogP contribution in [0.3, 0.4) is 0 Å². The van der Waals surface area contributed by atoms with Crippen LogP contribution in [0.5, 0.6) is 0 Å². The van der Waals surface area contributed by atoms with Crippen LogP contribution >= 0.6 is 0 Å². The second-order valence-electron chi connectivity index (χ2n) is 15.1. The van der Waals surface area contributed by atoms with Crippen LogP contribution < -0.4 is 27.4 Å². The number of alkyl halides is 3. The number of primary amides is 1. The molecule has 0 spiro atoms. The first-order chi connectivity index (χ1) is 31.2. The van der Waals surface area contributed by atoms with E-state index < -0.39 is 30.6 Å². The number of oxazole rings is 1. The minimum Gasteiger partial charge on any atom is -0.444 e. The van der Waals surface area contributed by atoms with E-state index in [0.717, 1.165) is 27.8 Å². The first-order valence-corrected chi connectivity index (χ1v) is 20.6. The summed E-state index contributed by atoms with van der Waals surface area (Å²) < 4.78 is 59.2. The molecule has 1 unspecified atom stereocenters. The molecule has 1 aliphatic heterocycles. The van der Waals surface area contributed by atoms with Crippen LogP contribution in [0.4, 0.5) is 24.7 Å². The van der Waals surface area contributed by atoms with Crippen LogP contribution in [0.1, 0.15) is 57.4 Å². The Kier molecular flexibility index (Phi) is 14.2. The summed E-state index contributed by atoms with van der Waals surface area (Å²) in [4.78, 5) is 72.6.